The van der Waals surface area contributed by atoms with Crippen LogP contribution >= 0.6 is 23.8 Å². The van der Waals surface area contributed by atoms with Crippen LogP contribution in [0.1, 0.15) is 24.2 Å². The van der Waals surface area contributed by atoms with E-state index in [9.17, 15) is 0 Å². The molecule has 1 N–H and O–H groups in total. The minimum absolute atomic E-state index is 0.0296. The molecule has 0 saturated heterocycles. The minimum atomic E-state index is 0.0296. The quantitative estimate of drug-likeness (QED) is 0.586. The minimum Gasteiger partial charge on any atom is -0.494 e. The van der Waals surface area contributed by atoms with E-state index in [-0.39, 0.29) is 6.04 Å². The Morgan fingerprint density at radius 1 is 1.11 bits per heavy atom. The second-order valence-electron chi connectivity index (χ2n) is 6.63. The molecule has 144 valence electrons. The first-order valence-corrected chi connectivity index (χ1v) is 10.2. The molecule has 1 aliphatic heterocycles. The van der Waals surface area contributed by atoms with Gasteiger partial charge in [-0.05, 0) is 61.1 Å². The van der Waals surface area contributed by atoms with Gasteiger partial charge in [0.15, 0.2) is 5.11 Å². The van der Waals surface area contributed by atoms with E-state index in [1.807, 2.05) is 43.3 Å². The van der Waals surface area contributed by atoms with Crippen LogP contribution in [0.15, 0.2) is 66.9 Å². The van der Waals surface area contributed by atoms with Crippen LogP contribution in [-0.2, 0) is 6.54 Å². The van der Waals surface area contributed by atoms with Crippen LogP contribution in [-0.4, -0.2) is 27.7 Å². The van der Waals surface area contributed by atoms with Crippen LogP contribution in [0.3, 0.4) is 0 Å². The van der Waals surface area contributed by atoms with E-state index < -0.39 is 0 Å². The van der Waals surface area contributed by atoms with Crippen LogP contribution in [0.2, 0.25) is 5.02 Å². The Morgan fingerprint density at radius 3 is 2.64 bits per heavy atom. The summed E-state index contributed by atoms with van der Waals surface area (Å²) in [6, 6.07) is 20.2. The molecule has 0 fully saturated rings. The maximum absolute atomic E-state index is 6.31. The van der Waals surface area contributed by atoms with Crippen LogP contribution in [0.25, 0.3) is 0 Å². The van der Waals surface area contributed by atoms with E-state index >= 15 is 0 Å². The van der Waals surface area contributed by atoms with Crippen molar-refractivity contribution in [2.45, 2.75) is 19.5 Å². The summed E-state index contributed by atoms with van der Waals surface area (Å²) in [5.41, 5.74) is 3.21. The Bertz CT molecular complexity index is 970. The van der Waals surface area contributed by atoms with Gasteiger partial charge in [0.2, 0.25) is 0 Å². The third-order valence-electron chi connectivity index (χ3n) is 4.92. The molecule has 0 radical (unpaired) electrons. The number of para-hydroxylation sites is 1. The lowest BCUT2D eigenvalue weighted by molar-refractivity contribution is 0.293. The predicted molar refractivity (Wildman–Crippen MR) is 118 cm³/mol. The molecular weight excluding hydrogens is 390 g/mol. The van der Waals surface area contributed by atoms with Crippen molar-refractivity contribution in [1.29, 1.82) is 0 Å². The van der Waals surface area contributed by atoms with Crippen molar-refractivity contribution in [3.63, 3.8) is 0 Å². The number of fused-ring (bicyclic) bond motifs is 1. The van der Waals surface area contributed by atoms with Crippen LogP contribution in [0, 0.1) is 0 Å². The number of rotatable bonds is 4. The molecule has 4 nitrogen and oxygen atoms in total. The van der Waals surface area contributed by atoms with Gasteiger partial charge in [-0.25, -0.2) is 0 Å². The summed E-state index contributed by atoms with van der Waals surface area (Å²) in [7, 11) is 0. The molecule has 2 heterocycles. The van der Waals surface area contributed by atoms with Gasteiger partial charge < -0.3 is 19.5 Å². The highest BCUT2D eigenvalue weighted by atomic mass is 35.5. The third-order valence-corrected chi connectivity index (χ3v) is 5.59. The molecule has 1 atom stereocenters. The van der Waals surface area contributed by atoms with Gasteiger partial charge >= 0.3 is 0 Å². The summed E-state index contributed by atoms with van der Waals surface area (Å²) in [6.07, 6.45) is 2.12. The SMILES string of the molecule is CCOc1ccc(C2c3cccn3CCN2C(=S)Nc2ccccc2Cl)cc1. The number of benzene rings is 2. The van der Waals surface area contributed by atoms with E-state index in [0.717, 1.165) is 24.5 Å². The molecule has 0 saturated carbocycles. The summed E-state index contributed by atoms with van der Waals surface area (Å²) in [5, 5.41) is 4.65. The highest BCUT2D eigenvalue weighted by Crippen LogP contribution is 2.34. The fraction of sp³-hybridized carbons (Fsp3) is 0.227. The highest BCUT2D eigenvalue weighted by Gasteiger charge is 2.30. The van der Waals surface area contributed by atoms with Crippen molar-refractivity contribution in [1.82, 2.24) is 9.47 Å². The van der Waals surface area contributed by atoms with Gasteiger partial charge in [0.1, 0.15) is 5.75 Å². The normalized spacial score (nSPS) is 15.8. The first-order valence-electron chi connectivity index (χ1n) is 9.37. The Hall–Kier alpha value is -2.50. The Labute approximate surface area is 175 Å². The molecule has 0 spiro atoms. The Morgan fingerprint density at radius 2 is 1.89 bits per heavy atom. The first kappa shape index (κ1) is 18.8. The summed E-state index contributed by atoms with van der Waals surface area (Å²) in [5.74, 6) is 0.876. The molecule has 6 heteroatoms. The largest absolute Gasteiger partial charge is 0.494 e. The van der Waals surface area contributed by atoms with Gasteiger partial charge in [0.25, 0.3) is 0 Å². The van der Waals surface area contributed by atoms with E-state index in [0.29, 0.717) is 16.7 Å². The number of thiocarbonyl (C=S) groups is 1. The molecule has 0 aliphatic carbocycles. The van der Waals surface area contributed by atoms with Crippen molar-refractivity contribution >= 4 is 34.6 Å². The number of aromatic nitrogens is 1. The summed E-state index contributed by atoms with van der Waals surface area (Å²) in [4.78, 5) is 2.23. The number of nitrogens with one attached hydrogen (secondary N) is 1. The summed E-state index contributed by atoms with van der Waals surface area (Å²) in [6.45, 7) is 4.35. The molecule has 0 amide bonds. The van der Waals surface area contributed by atoms with Crippen molar-refractivity contribution in [2.75, 3.05) is 18.5 Å². The van der Waals surface area contributed by atoms with Crippen molar-refractivity contribution in [3.8, 4) is 5.75 Å². The van der Waals surface area contributed by atoms with Crippen molar-refractivity contribution < 1.29 is 4.74 Å². The van der Waals surface area contributed by atoms with Crippen molar-refractivity contribution in [3.05, 3.63) is 83.1 Å². The van der Waals surface area contributed by atoms with Crippen molar-refractivity contribution in [2.24, 2.45) is 0 Å². The molecular formula is C22H22ClN3OS. The zero-order valence-corrected chi connectivity index (χ0v) is 17.2. The Kier molecular flexibility index (Phi) is 5.55. The standard InChI is InChI=1S/C22H22ClN3OS/c1-2-27-17-11-9-16(10-12-17)21-20-8-5-13-25(20)14-15-26(21)22(28)24-19-7-4-3-6-18(19)23/h3-13,21H,2,14-15H2,1H3,(H,24,28). The fourth-order valence-electron chi connectivity index (χ4n) is 3.62. The molecule has 1 unspecified atom stereocenters. The zero-order valence-electron chi connectivity index (χ0n) is 15.6. The number of halogens is 1. The van der Waals surface area contributed by atoms with Gasteiger partial charge in [-0.1, -0.05) is 35.9 Å². The first-order chi connectivity index (χ1) is 13.7. The average Bonchev–Trinajstić information content (AvgIpc) is 3.19. The molecule has 28 heavy (non-hydrogen) atoms. The smallest absolute Gasteiger partial charge is 0.174 e. The molecule has 0 bridgehead atoms. The maximum atomic E-state index is 6.31. The van der Waals surface area contributed by atoms with Gasteiger partial charge in [0.05, 0.1) is 23.4 Å². The number of anilines is 1. The molecule has 4 rings (SSSR count). The zero-order chi connectivity index (χ0) is 19.5. The summed E-state index contributed by atoms with van der Waals surface area (Å²) >= 11 is 12.1. The van der Waals surface area contributed by atoms with E-state index in [4.69, 9.17) is 28.6 Å². The van der Waals surface area contributed by atoms with E-state index in [1.165, 1.54) is 11.3 Å². The average molecular weight is 412 g/mol. The van der Waals surface area contributed by atoms with Gasteiger partial charge in [-0.2, -0.15) is 0 Å². The number of ether oxygens (including phenoxy) is 1. The monoisotopic (exact) mass is 411 g/mol. The van der Waals surface area contributed by atoms with Crippen LogP contribution in [0.4, 0.5) is 5.69 Å². The number of nitrogens with zero attached hydrogens (tertiary/aromatic N) is 2. The highest BCUT2D eigenvalue weighted by molar-refractivity contribution is 7.80. The van der Waals surface area contributed by atoms with Crippen LogP contribution in [0.5, 0.6) is 5.75 Å². The van der Waals surface area contributed by atoms with Gasteiger partial charge in [-0.15, -0.1) is 0 Å². The second kappa shape index (κ2) is 8.25. The fourth-order valence-corrected chi connectivity index (χ4v) is 4.11. The lowest BCUT2D eigenvalue weighted by Crippen LogP contribution is -2.44. The molecule has 3 aromatic rings. The molecule has 1 aromatic heterocycles. The second-order valence-corrected chi connectivity index (χ2v) is 7.43. The molecule has 2 aromatic carbocycles. The topological polar surface area (TPSA) is 29.4 Å². The number of hydrogen-bond acceptors (Lipinski definition) is 2. The number of hydrogen-bond donors (Lipinski definition) is 1. The van der Waals surface area contributed by atoms with Crippen LogP contribution < -0.4 is 10.1 Å². The summed E-state index contributed by atoms with van der Waals surface area (Å²) < 4.78 is 7.88. The van der Waals surface area contributed by atoms with Gasteiger partial charge in [0, 0.05) is 25.0 Å². The lowest BCUT2D eigenvalue weighted by Gasteiger charge is -2.39. The Balaban J connectivity index is 1.65. The molecule has 1 aliphatic rings. The van der Waals surface area contributed by atoms with E-state index in [1.54, 1.807) is 0 Å². The van der Waals surface area contributed by atoms with E-state index in [2.05, 4.69) is 45.2 Å². The van der Waals surface area contributed by atoms with Gasteiger partial charge in [-0.3, -0.25) is 0 Å². The maximum Gasteiger partial charge on any atom is 0.174 e. The third kappa shape index (κ3) is 3.73. The predicted octanol–water partition coefficient (Wildman–Crippen LogP) is 5.34. The lowest BCUT2D eigenvalue weighted by atomic mass is 10.00.